The van der Waals surface area contributed by atoms with Crippen molar-refractivity contribution >= 4 is 23.6 Å². The second-order valence-corrected chi connectivity index (χ2v) is 6.67. The van der Waals surface area contributed by atoms with Gasteiger partial charge in [0.25, 0.3) is 11.6 Å². The van der Waals surface area contributed by atoms with Crippen LogP contribution in [0.2, 0.25) is 0 Å². The van der Waals surface area contributed by atoms with Crippen LogP contribution in [0.1, 0.15) is 21.5 Å². The maximum Gasteiger partial charge on any atom is 0.269 e. The van der Waals surface area contributed by atoms with Crippen LogP contribution in [-0.4, -0.2) is 52.7 Å². The first-order chi connectivity index (χ1) is 13.4. The van der Waals surface area contributed by atoms with Crippen LogP contribution in [0.15, 0.2) is 54.6 Å². The first kappa shape index (κ1) is 19.3. The number of hydrogen-bond donors (Lipinski definition) is 0. The molecule has 2 aromatic rings. The molecule has 1 heterocycles. The van der Waals surface area contributed by atoms with Gasteiger partial charge in [-0.2, -0.15) is 0 Å². The fourth-order valence-electron chi connectivity index (χ4n) is 2.99. The van der Waals surface area contributed by atoms with Crippen molar-refractivity contribution in [3.63, 3.8) is 0 Å². The van der Waals surface area contributed by atoms with Crippen molar-refractivity contribution in [3.05, 3.63) is 81.4 Å². The van der Waals surface area contributed by atoms with Crippen LogP contribution < -0.4 is 0 Å². The molecule has 0 aromatic heterocycles. The van der Waals surface area contributed by atoms with E-state index < -0.39 is 4.92 Å². The molecule has 0 unspecified atom stereocenters. The summed E-state index contributed by atoms with van der Waals surface area (Å²) in [7, 11) is 0. The zero-order valence-corrected chi connectivity index (χ0v) is 15.6. The summed E-state index contributed by atoms with van der Waals surface area (Å²) >= 11 is 0. The Morgan fingerprint density at radius 2 is 1.50 bits per heavy atom. The van der Waals surface area contributed by atoms with Crippen LogP contribution in [0, 0.1) is 17.0 Å². The number of nitro groups is 1. The molecule has 0 atom stereocenters. The fraction of sp³-hybridized carbons (Fsp3) is 0.238. The van der Waals surface area contributed by atoms with Crippen molar-refractivity contribution in [3.8, 4) is 0 Å². The molecule has 0 N–H and O–H groups in total. The monoisotopic (exact) mass is 379 g/mol. The number of nitro benzene ring substituents is 1. The lowest BCUT2D eigenvalue weighted by Gasteiger charge is -2.34. The molecule has 0 saturated carbocycles. The largest absolute Gasteiger partial charge is 0.336 e. The molecular formula is C21H21N3O4. The van der Waals surface area contributed by atoms with Crippen LogP contribution in [0.3, 0.4) is 0 Å². The predicted octanol–water partition coefficient (Wildman–Crippen LogP) is 2.90. The molecule has 3 rings (SSSR count). The molecule has 0 bridgehead atoms. The van der Waals surface area contributed by atoms with Gasteiger partial charge in [-0.1, -0.05) is 17.7 Å². The Hall–Kier alpha value is -3.48. The van der Waals surface area contributed by atoms with Gasteiger partial charge in [-0.05, 0) is 42.8 Å². The lowest BCUT2D eigenvalue weighted by atomic mass is 10.1. The zero-order chi connectivity index (χ0) is 20.1. The van der Waals surface area contributed by atoms with E-state index >= 15 is 0 Å². The first-order valence-corrected chi connectivity index (χ1v) is 9.01. The molecule has 28 heavy (non-hydrogen) atoms. The molecule has 2 aromatic carbocycles. The van der Waals surface area contributed by atoms with Gasteiger partial charge in [-0.25, -0.2) is 0 Å². The Labute approximate surface area is 163 Å². The van der Waals surface area contributed by atoms with Crippen molar-refractivity contribution in [2.24, 2.45) is 0 Å². The third-order valence-electron chi connectivity index (χ3n) is 4.70. The molecule has 144 valence electrons. The maximum absolute atomic E-state index is 12.5. The number of benzene rings is 2. The second kappa shape index (κ2) is 8.47. The van der Waals surface area contributed by atoms with E-state index in [0.29, 0.717) is 37.3 Å². The quantitative estimate of drug-likeness (QED) is 0.464. The Morgan fingerprint density at radius 3 is 2.07 bits per heavy atom. The van der Waals surface area contributed by atoms with Crippen molar-refractivity contribution in [2.75, 3.05) is 26.2 Å². The Morgan fingerprint density at radius 1 is 0.929 bits per heavy atom. The van der Waals surface area contributed by atoms with Crippen LogP contribution in [0.5, 0.6) is 0 Å². The summed E-state index contributed by atoms with van der Waals surface area (Å²) in [5.74, 6) is -0.158. The van der Waals surface area contributed by atoms with Crippen LogP contribution >= 0.6 is 0 Å². The smallest absolute Gasteiger partial charge is 0.269 e. The molecule has 1 aliphatic rings. The third-order valence-corrected chi connectivity index (χ3v) is 4.70. The number of rotatable bonds is 4. The minimum Gasteiger partial charge on any atom is -0.336 e. The highest BCUT2D eigenvalue weighted by atomic mass is 16.6. The number of amides is 2. The summed E-state index contributed by atoms with van der Waals surface area (Å²) in [6.07, 6.45) is 3.09. The minimum atomic E-state index is -0.462. The van der Waals surface area contributed by atoms with Gasteiger partial charge in [0.2, 0.25) is 5.91 Å². The summed E-state index contributed by atoms with van der Waals surface area (Å²) in [6, 6.07) is 13.5. The standard InChI is InChI=1S/C21H21N3O4/c1-16-2-7-18(8-3-16)21(26)23-14-12-22(13-15-23)20(25)11-6-17-4-9-19(10-5-17)24(27)28/h2-11H,12-15H2,1H3/b11-6+. The lowest BCUT2D eigenvalue weighted by molar-refractivity contribution is -0.384. The highest BCUT2D eigenvalue weighted by Gasteiger charge is 2.23. The minimum absolute atomic E-state index is 0.0119. The Kier molecular flexibility index (Phi) is 5.84. The van der Waals surface area contributed by atoms with E-state index in [9.17, 15) is 19.7 Å². The number of carbonyl (C=O) groups excluding carboxylic acids is 2. The van der Waals surface area contributed by atoms with E-state index in [0.717, 1.165) is 5.56 Å². The van der Waals surface area contributed by atoms with Gasteiger partial charge >= 0.3 is 0 Å². The zero-order valence-electron chi connectivity index (χ0n) is 15.6. The first-order valence-electron chi connectivity index (χ1n) is 9.01. The summed E-state index contributed by atoms with van der Waals surface area (Å²) in [5.41, 5.74) is 2.49. The number of hydrogen-bond acceptors (Lipinski definition) is 4. The van der Waals surface area contributed by atoms with Gasteiger partial charge in [-0.3, -0.25) is 19.7 Å². The number of nitrogens with zero attached hydrogens (tertiary/aromatic N) is 3. The third kappa shape index (κ3) is 4.62. The topological polar surface area (TPSA) is 83.8 Å². The predicted molar refractivity (Wildman–Crippen MR) is 106 cm³/mol. The number of carbonyl (C=O) groups is 2. The normalized spacial score (nSPS) is 14.3. The molecule has 1 saturated heterocycles. The summed E-state index contributed by atoms with van der Waals surface area (Å²) in [4.78, 5) is 38.5. The number of piperazine rings is 1. The highest BCUT2D eigenvalue weighted by Crippen LogP contribution is 2.14. The van der Waals surface area contributed by atoms with Gasteiger partial charge in [0.05, 0.1) is 4.92 Å². The van der Waals surface area contributed by atoms with E-state index in [1.165, 1.54) is 18.2 Å². The van der Waals surface area contributed by atoms with Gasteiger partial charge in [-0.15, -0.1) is 0 Å². The maximum atomic E-state index is 12.5. The SMILES string of the molecule is Cc1ccc(C(=O)N2CCN(C(=O)/C=C/c3ccc([N+](=O)[O-])cc3)CC2)cc1. The van der Waals surface area contributed by atoms with Crippen LogP contribution in [-0.2, 0) is 4.79 Å². The van der Waals surface area contributed by atoms with E-state index in [-0.39, 0.29) is 17.5 Å². The van der Waals surface area contributed by atoms with E-state index in [1.54, 1.807) is 28.0 Å². The molecular weight excluding hydrogens is 358 g/mol. The Balaban J connectivity index is 1.54. The summed E-state index contributed by atoms with van der Waals surface area (Å²) in [5, 5.41) is 10.7. The van der Waals surface area contributed by atoms with E-state index in [4.69, 9.17) is 0 Å². The summed E-state index contributed by atoms with van der Waals surface area (Å²) < 4.78 is 0. The number of non-ortho nitro benzene ring substituents is 1. The molecule has 0 aliphatic carbocycles. The molecule has 0 spiro atoms. The lowest BCUT2D eigenvalue weighted by Crippen LogP contribution is -2.50. The van der Waals surface area contributed by atoms with Crippen molar-refractivity contribution in [1.29, 1.82) is 0 Å². The summed E-state index contributed by atoms with van der Waals surface area (Å²) in [6.45, 7) is 3.90. The van der Waals surface area contributed by atoms with E-state index in [2.05, 4.69) is 0 Å². The van der Waals surface area contributed by atoms with E-state index in [1.807, 2.05) is 31.2 Å². The van der Waals surface area contributed by atoms with Crippen LogP contribution in [0.4, 0.5) is 5.69 Å². The highest BCUT2D eigenvalue weighted by molar-refractivity contribution is 5.95. The second-order valence-electron chi connectivity index (χ2n) is 6.67. The molecule has 0 radical (unpaired) electrons. The van der Waals surface area contributed by atoms with Crippen molar-refractivity contribution < 1.29 is 14.5 Å². The van der Waals surface area contributed by atoms with Crippen LogP contribution in [0.25, 0.3) is 6.08 Å². The molecule has 7 heteroatoms. The average molecular weight is 379 g/mol. The van der Waals surface area contributed by atoms with Gasteiger partial charge in [0.15, 0.2) is 0 Å². The van der Waals surface area contributed by atoms with Gasteiger partial charge < -0.3 is 9.80 Å². The van der Waals surface area contributed by atoms with Gasteiger partial charge in [0.1, 0.15) is 0 Å². The molecule has 2 amide bonds. The van der Waals surface area contributed by atoms with Crippen molar-refractivity contribution in [2.45, 2.75) is 6.92 Å². The molecule has 7 nitrogen and oxygen atoms in total. The van der Waals surface area contributed by atoms with Crippen molar-refractivity contribution in [1.82, 2.24) is 9.80 Å². The number of aryl methyl sites for hydroxylation is 1. The molecule has 1 fully saturated rings. The average Bonchev–Trinajstić information content (AvgIpc) is 2.72. The van der Waals surface area contributed by atoms with Gasteiger partial charge in [0, 0.05) is 50.0 Å². The molecule has 1 aliphatic heterocycles. The Bertz CT molecular complexity index is 896. The fourth-order valence-corrected chi connectivity index (χ4v) is 2.99.